The number of nitrogens with zero attached hydrogens (tertiary/aromatic N) is 1. The smallest absolute Gasteiger partial charge is 0.270 e. The normalized spacial score (nSPS) is 15.5. The molecule has 2 heterocycles. The zero-order valence-corrected chi connectivity index (χ0v) is 20.1. The maximum atomic E-state index is 13.1. The van der Waals surface area contributed by atoms with Crippen molar-refractivity contribution in [3.8, 4) is 0 Å². The van der Waals surface area contributed by atoms with Crippen LogP contribution in [0.5, 0.6) is 0 Å². The fraction of sp³-hybridized carbons (Fsp3) is 0. The van der Waals surface area contributed by atoms with Gasteiger partial charge < -0.3 is 0 Å². The highest BCUT2D eigenvalue weighted by molar-refractivity contribution is 8.01. The van der Waals surface area contributed by atoms with Gasteiger partial charge in [0.1, 0.15) is 5.57 Å². The van der Waals surface area contributed by atoms with E-state index in [1.54, 1.807) is 36.0 Å². The molecule has 156 valence electrons. The molecule has 1 aliphatic heterocycles. The third-order valence-electron chi connectivity index (χ3n) is 4.19. The van der Waals surface area contributed by atoms with Crippen molar-refractivity contribution in [1.82, 2.24) is 5.32 Å². The Labute approximate surface area is 206 Å². The Morgan fingerprint density at radius 2 is 1.74 bits per heavy atom. The number of hydrogen-bond acceptors (Lipinski definition) is 5. The molecule has 1 fully saturated rings. The summed E-state index contributed by atoms with van der Waals surface area (Å²) in [4.78, 5) is 28.6. The summed E-state index contributed by atoms with van der Waals surface area (Å²) in [6.45, 7) is 0. The Hall–Kier alpha value is -1.87. The van der Waals surface area contributed by atoms with Gasteiger partial charge in [0.15, 0.2) is 5.11 Å². The number of thiocarbonyl (C=S) groups is 1. The number of carbonyl (C=O) groups is 2. The molecule has 4 nitrogen and oxygen atoms in total. The number of thiophene rings is 1. The standard InChI is InChI=1S/C21H11Cl3N2O2S3/c22-11-4-6-12(7-5-11)30-17-9-8-13(31-17)10-14-19(27)25-21(29)26(20(14)28)16-3-1-2-15(23)18(16)24/h1-10H,(H,25,27,29)/b14-10+. The van der Waals surface area contributed by atoms with Crippen LogP contribution in [0.15, 0.2) is 69.3 Å². The number of halogens is 3. The van der Waals surface area contributed by atoms with Crippen molar-refractivity contribution in [2.45, 2.75) is 9.10 Å². The van der Waals surface area contributed by atoms with Gasteiger partial charge in [-0.15, -0.1) is 11.3 Å². The number of anilines is 1. The number of carbonyl (C=O) groups excluding carboxylic acids is 2. The second-order valence-corrected chi connectivity index (χ2v) is 10.3. The number of hydrogen-bond donors (Lipinski definition) is 1. The van der Waals surface area contributed by atoms with Crippen LogP contribution in [-0.2, 0) is 9.59 Å². The lowest BCUT2D eigenvalue weighted by Gasteiger charge is -2.29. The molecule has 0 radical (unpaired) electrons. The van der Waals surface area contributed by atoms with Crippen molar-refractivity contribution in [1.29, 1.82) is 0 Å². The number of nitrogens with one attached hydrogen (secondary N) is 1. The summed E-state index contributed by atoms with van der Waals surface area (Å²) >= 11 is 26.5. The van der Waals surface area contributed by atoms with Crippen LogP contribution in [0.25, 0.3) is 6.08 Å². The van der Waals surface area contributed by atoms with E-state index >= 15 is 0 Å². The molecule has 10 heteroatoms. The second kappa shape index (κ2) is 9.32. The number of benzene rings is 2. The van der Waals surface area contributed by atoms with Gasteiger partial charge in [-0.25, -0.2) is 0 Å². The maximum absolute atomic E-state index is 13.1. The van der Waals surface area contributed by atoms with Crippen LogP contribution in [-0.4, -0.2) is 16.9 Å². The minimum Gasteiger partial charge on any atom is -0.298 e. The highest BCUT2D eigenvalue weighted by Crippen LogP contribution is 2.36. The van der Waals surface area contributed by atoms with E-state index in [0.717, 1.165) is 14.0 Å². The average Bonchev–Trinajstić information content (AvgIpc) is 3.17. The van der Waals surface area contributed by atoms with Gasteiger partial charge in [0, 0.05) is 14.8 Å². The van der Waals surface area contributed by atoms with Gasteiger partial charge in [-0.05, 0) is 66.8 Å². The van der Waals surface area contributed by atoms with Crippen molar-refractivity contribution in [2.75, 3.05) is 4.90 Å². The van der Waals surface area contributed by atoms with Gasteiger partial charge in [0.05, 0.1) is 19.9 Å². The monoisotopic (exact) mass is 524 g/mol. The van der Waals surface area contributed by atoms with E-state index in [1.807, 2.05) is 36.4 Å². The average molecular weight is 526 g/mol. The van der Waals surface area contributed by atoms with Crippen LogP contribution in [0.1, 0.15) is 4.88 Å². The lowest BCUT2D eigenvalue weighted by molar-refractivity contribution is -0.122. The molecule has 0 aliphatic carbocycles. The summed E-state index contributed by atoms with van der Waals surface area (Å²) in [6.07, 6.45) is 1.54. The van der Waals surface area contributed by atoms with Crippen molar-refractivity contribution in [3.63, 3.8) is 0 Å². The fourth-order valence-corrected chi connectivity index (χ4v) is 5.62. The zero-order chi connectivity index (χ0) is 22.1. The summed E-state index contributed by atoms with van der Waals surface area (Å²) < 4.78 is 1.00. The quantitative estimate of drug-likeness (QED) is 0.234. The molecule has 1 saturated heterocycles. The summed E-state index contributed by atoms with van der Waals surface area (Å²) in [5.41, 5.74) is 0.259. The van der Waals surface area contributed by atoms with E-state index in [4.69, 9.17) is 47.0 Å². The Morgan fingerprint density at radius 1 is 1.00 bits per heavy atom. The van der Waals surface area contributed by atoms with E-state index in [-0.39, 0.29) is 20.7 Å². The summed E-state index contributed by atoms with van der Waals surface area (Å²) in [5.74, 6) is -1.14. The molecule has 0 unspecified atom stereocenters. The molecule has 0 saturated carbocycles. The van der Waals surface area contributed by atoms with Gasteiger partial charge >= 0.3 is 0 Å². The molecule has 1 aliphatic rings. The topological polar surface area (TPSA) is 49.4 Å². The minimum atomic E-state index is -0.571. The van der Waals surface area contributed by atoms with Crippen LogP contribution in [0, 0.1) is 0 Å². The van der Waals surface area contributed by atoms with Crippen molar-refractivity contribution < 1.29 is 9.59 Å². The molecular weight excluding hydrogens is 515 g/mol. The molecular formula is C21H11Cl3N2O2S3. The highest BCUT2D eigenvalue weighted by atomic mass is 35.5. The van der Waals surface area contributed by atoms with Gasteiger partial charge in [-0.3, -0.25) is 19.8 Å². The van der Waals surface area contributed by atoms with E-state index < -0.39 is 11.8 Å². The molecule has 31 heavy (non-hydrogen) atoms. The predicted molar refractivity (Wildman–Crippen MR) is 133 cm³/mol. The second-order valence-electron chi connectivity index (χ2n) is 6.24. The van der Waals surface area contributed by atoms with Gasteiger partial charge in [-0.2, -0.15) is 0 Å². The molecule has 0 bridgehead atoms. The van der Waals surface area contributed by atoms with Crippen LogP contribution >= 0.6 is 70.1 Å². The third-order valence-corrected chi connectivity index (χ3v) is 7.71. The van der Waals surface area contributed by atoms with E-state index in [9.17, 15) is 9.59 Å². The van der Waals surface area contributed by atoms with Crippen LogP contribution in [0.4, 0.5) is 5.69 Å². The Bertz CT molecular complexity index is 1240. The van der Waals surface area contributed by atoms with Crippen LogP contribution in [0.3, 0.4) is 0 Å². The highest BCUT2D eigenvalue weighted by Gasteiger charge is 2.35. The van der Waals surface area contributed by atoms with E-state index in [0.29, 0.717) is 10.7 Å². The first-order chi connectivity index (χ1) is 14.8. The molecule has 0 atom stereocenters. The number of rotatable bonds is 4. The maximum Gasteiger partial charge on any atom is 0.270 e. The van der Waals surface area contributed by atoms with Gasteiger partial charge in [0.25, 0.3) is 11.8 Å². The molecule has 1 aromatic heterocycles. The lowest BCUT2D eigenvalue weighted by Crippen LogP contribution is -2.54. The molecule has 0 spiro atoms. The minimum absolute atomic E-state index is 0.0467. The lowest BCUT2D eigenvalue weighted by atomic mass is 10.1. The molecule has 4 rings (SSSR count). The summed E-state index contributed by atoms with van der Waals surface area (Å²) in [7, 11) is 0. The summed E-state index contributed by atoms with van der Waals surface area (Å²) in [6, 6.07) is 16.1. The third kappa shape index (κ3) is 4.82. The first-order valence-electron chi connectivity index (χ1n) is 8.72. The Balaban J connectivity index is 1.62. The first kappa shape index (κ1) is 22.3. The SMILES string of the molecule is O=C1NC(=S)N(c2cccc(Cl)c2Cl)C(=O)/C1=C/c1ccc(Sc2ccc(Cl)cc2)s1. The largest absolute Gasteiger partial charge is 0.298 e. The zero-order valence-electron chi connectivity index (χ0n) is 15.4. The van der Waals surface area contributed by atoms with Crippen molar-refractivity contribution in [2.24, 2.45) is 0 Å². The number of amides is 2. The first-order valence-corrected chi connectivity index (χ1v) is 11.9. The summed E-state index contributed by atoms with van der Waals surface area (Å²) in [5, 5.41) is 3.61. The molecule has 2 amide bonds. The Morgan fingerprint density at radius 3 is 2.48 bits per heavy atom. The van der Waals surface area contributed by atoms with E-state index in [2.05, 4.69) is 5.32 Å². The van der Waals surface area contributed by atoms with Crippen LogP contribution in [0.2, 0.25) is 15.1 Å². The van der Waals surface area contributed by atoms with Crippen molar-refractivity contribution in [3.05, 3.63) is 80.1 Å². The van der Waals surface area contributed by atoms with Crippen LogP contribution < -0.4 is 10.2 Å². The van der Waals surface area contributed by atoms with Crippen molar-refractivity contribution >= 4 is 98.8 Å². The fourth-order valence-electron chi connectivity index (χ4n) is 2.77. The predicted octanol–water partition coefficient (Wildman–Crippen LogP) is 6.69. The van der Waals surface area contributed by atoms with Gasteiger partial charge in [0.2, 0.25) is 0 Å². The van der Waals surface area contributed by atoms with E-state index in [1.165, 1.54) is 16.2 Å². The molecule has 1 N–H and O–H groups in total. The molecule has 3 aromatic rings. The molecule has 2 aromatic carbocycles. The van der Waals surface area contributed by atoms with Gasteiger partial charge in [-0.1, -0.05) is 52.6 Å². The Kier molecular flexibility index (Phi) is 6.71.